The fourth-order valence-electron chi connectivity index (χ4n) is 9.63. The second-order valence-electron chi connectivity index (χ2n) is 23.0. The van der Waals surface area contributed by atoms with E-state index in [-0.39, 0.29) is 37.1 Å². The van der Waals surface area contributed by atoms with Crippen molar-refractivity contribution in [1.82, 2.24) is 0 Å². The fraction of sp³-hybridized carbons (Fsp3) is 0.404. The van der Waals surface area contributed by atoms with Crippen molar-refractivity contribution in [1.29, 1.82) is 0 Å². The van der Waals surface area contributed by atoms with Crippen LogP contribution in [0.25, 0.3) is 32.0 Å². The van der Waals surface area contributed by atoms with Crippen molar-refractivity contribution in [3.05, 3.63) is 158 Å². The second kappa shape index (κ2) is 16.0. The van der Waals surface area contributed by atoms with Crippen molar-refractivity contribution in [3.8, 4) is 26.6 Å². The summed E-state index contributed by atoms with van der Waals surface area (Å²) < 4.78 is 107. The molecule has 0 bridgehead atoms. The Morgan fingerprint density at radius 1 is 0.439 bits per heavy atom. The summed E-state index contributed by atoms with van der Waals surface area (Å²) in [6.45, 7) is 25.0. The lowest BCUT2D eigenvalue weighted by molar-refractivity contribution is -0.254. The third-order valence-electron chi connectivity index (χ3n) is 12.1. The van der Waals surface area contributed by atoms with Crippen molar-refractivity contribution in [2.24, 2.45) is 16.2 Å². The Labute approximate surface area is 395 Å². The van der Waals surface area contributed by atoms with E-state index in [0.717, 1.165) is 36.0 Å². The van der Waals surface area contributed by atoms with Crippen LogP contribution in [0.1, 0.15) is 132 Å². The van der Waals surface area contributed by atoms with Crippen LogP contribution in [0, 0.1) is 16.2 Å². The first-order valence-corrected chi connectivity index (χ1v) is 24.3. The number of thiophene rings is 2. The molecular weight excluding hydrogens is 879 g/mol. The highest BCUT2D eigenvalue weighted by atomic mass is 32.1. The zero-order chi connectivity index (χ0) is 48.2. The number of fused-ring (bicyclic) bond motifs is 4. The number of rotatable bonds is 8. The van der Waals surface area contributed by atoms with Gasteiger partial charge in [0.15, 0.2) is 0 Å². The molecule has 66 heavy (non-hydrogen) atoms. The van der Waals surface area contributed by atoms with Crippen molar-refractivity contribution in [3.63, 3.8) is 0 Å². The van der Waals surface area contributed by atoms with E-state index in [1.54, 1.807) is 0 Å². The largest absolute Gasteiger partial charge is 0.488 e. The van der Waals surface area contributed by atoms with Crippen LogP contribution >= 0.6 is 22.7 Å². The smallest absolute Gasteiger partial charge is 0.380 e. The van der Waals surface area contributed by atoms with Gasteiger partial charge in [0.2, 0.25) is 0 Å². The molecule has 0 amide bonds. The molecule has 0 saturated heterocycles. The van der Waals surface area contributed by atoms with Crippen LogP contribution < -0.4 is 4.74 Å². The summed E-state index contributed by atoms with van der Waals surface area (Å²) in [6, 6.07) is 33.7. The Morgan fingerprint density at radius 3 is 1.08 bits per heavy atom. The zero-order valence-corrected chi connectivity index (χ0v) is 41.6. The van der Waals surface area contributed by atoms with Gasteiger partial charge in [0.05, 0.1) is 5.41 Å². The van der Waals surface area contributed by atoms with Gasteiger partial charge < -0.3 is 4.74 Å². The number of ether oxygens (including phenoxy) is 1. The van der Waals surface area contributed by atoms with E-state index in [1.165, 1.54) is 34.8 Å². The zero-order valence-electron chi connectivity index (χ0n) is 40.0. The van der Waals surface area contributed by atoms with Gasteiger partial charge in [-0.1, -0.05) is 147 Å². The molecule has 348 valence electrons. The minimum Gasteiger partial charge on any atom is -0.488 e. The average Bonchev–Trinajstić information content (AvgIpc) is 3.82. The molecule has 1 nitrogen and oxygen atoms in total. The number of allylic oxidation sites excluding steroid dienone is 2. The van der Waals surface area contributed by atoms with Gasteiger partial charge in [0, 0.05) is 41.8 Å². The maximum atomic E-state index is 17.0. The van der Waals surface area contributed by atoms with Crippen molar-refractivity contribution in [2.45, 2.75) is 131 Å². The Morgan fingerprint density at radius 2 is 0.758 bits per heavy atom. The number of alkyl halides is 6. The second-order valence-corrected chi connectivity index (χ2v) is 25.1. The predicted molar refractivity (Wildman–Crippen MR) is 263 cm³/mol. The summed E-state index contributed by atoms with van der Waals surface area (Å²) in [7, 11) is 0. The minimum absolute atomic E-state index is 0.00356. The first kappa shape index (κ1) is 47.9. The van der Waals surface area contributed by atoms with E-state index in [2.05, 4.69) is 62.3 Å². The molecule has 0 aliphatic heterocycles. The van der Waals surface area contributed by atoms with Gasteiger partial charge in [-0.05, 0) is 119 Å². The summed E-state index contributed by atoms with van der Waals surface area (Å²) in [5.41, 5.74) is 0.299. The van der Waals surface area contributed by atoms with Gasteiger partial charge in [-0.15, -0.1) is 22.7 Å². The SMILES string of the molecule is CC(C)(C)Cc1ccc(-c2cc3c(s2)C(c2ccc(CC(C)(C)C)cc2)(c2ccc(OC(C)(C)C)cc2)c2sc(-c4ccc(CC(C)(C)C)cc4)cc2C2=C3C(F)(F)C(F)(F)C2(F)F)cc1. The lowest BCUT2D eigenvalue weighted by atomic mass is 9.69. The molecule has 0 fully saturated rings. The maximum Gasteiger partial charge on any atom is 0.380 e. The minimum atomic E-state index is -5.72. The standard InChI is InChI=1S/C57H60F6OS2/c1-50(2,3)31-34-13-19-37(20-14-34)44-29-42-46-47(56(60,61)57(62,63)55(46,58)59)43-30-45(38-21-15-35(16-22-38)32-51(4,5)6)66-49(43)54(48(42)65-44,39-23-17-36(18-24-39)33-52(7,8)9)40-25-27-41(28-26-40)64-53(10,11)12/h13-30H,31-33H2,1-12H3. The summed E-state index contributed by atoms with van der Waals surface area (Å²) >= 11 is 2.38. The molecule has 2 aliphatic carbocycles. The molecular formula is C57H60F6OS2. The Hall–Kier alpha value is -4.60. The molecule has 0 radical (unpaired) electrons. The highest BCUT2D eigenvalue weighted by molar-refractivity contribution is 7.18. The summed E-state index contributed by atoms with van der Waals surface area (Å²) in [5, 5.41) is 0. The highest BCUT2D eigenvalue weighted by Crippen LogP contribution is 2.70. The molecule has 0 unspecified atom stereocenters. The number of benzene rings is 4. The summed E-state index contributed by atoms with van der Waals surface area (Å²) in [6.07, 6.45) is 2.31. The Bertz CT molecular complexity index is 2590. The number of hydrogen-bond acceptors (Lipinski definition) is 3. The average molecular weight is 939 g/mol. The summed E-state index contributed by atoms with van der Waals surface area (Å²) in [5.74, 6) is -15.6. The lowest BCUT2D eigenvalue weighted by Gasteiger charge is -2.36. The third-order valence-corrected chi connectivity index (χ3v) is 14.7. The van der Waals surface area contributed by atoms with Gasteiger partial charge in [0.1, 0.15) is 11.4 Å². The molecule has 6 aromatic rings. The van der Waals surface area contributed by atoms with Crippen LogP contribution in [0.4, 0.5) is 26.3 Å². The number of halogens is 6. The Kier molecular flexibility index (Phi) is 11.6. The van der Waals surface area contributed by atoms with Gasteiger partial charge in [-0.3, -0.25) is 0 Å². The van der Waals surface area contributed by atoms with Gasteiger partial charge in [-0.25, -0.2) is 0 Å². The van der Waals surface area contributed by atoms with E-state index < -0.39 is 39.9 Å². The van der Waals surface area contributed by atoms with Gasteiger partial charge in [-0.2, -0.15) is 26.3 Å². The quantitative estimate of drug-likeness (QED) is 0.138. The molecule has 2 heterocycles. The van der Waals surface area contributed by atoms with Crippen LogP contribution in [0.5, 0.6) is 5.75 Å². The van der Waals surface area contributed by atoms with E-state index in [4.69, 9.17) is 4.74 Å². The number of hydrogen-bond donors (Lipinski definition) is 0. The molecule has 2 aromatic heterocycles. The first-order valence-electron chi connectivity index (χ1n) is 22.7. The van der Waals surface area contributed by atoms with Crippen molar-refractivity contribution in [2.75, 3.05) is 0 Å². The molecule has 4 aromatic carbocycles. The molecule has 2 aliphatic rings. The van der Waals surface area contributed by atoms with Crippen molar-refractivity contribution < 1.29 is 31.1 Å². The monoisotopic (exact) mass is 938 g/mol. The van der Waals surface area contributed by atoms with Gasteiger partial charge in [0.25, 0.3) is 0 Å². The van der Waals surface area contributed by atoms with Crippen molar-refractivity contribution >= 4 is 33.8 Å². The van der Waals surface area contributed by atoms with E-state index >= 15 is 26.3 Å². The van der Waals surface area contributed by atoms with Crippen LogP contribution in [-0.2, 0) is 24.7 Å². The molecule has 9 heteroatoms. The molecule has 0 atom stereocenters. The van der Waals surface area contributed by atoms with Crippen LogP contribution in [0.2, 0.25) is 0 Å². The maximum absolute atomic E-state index is 17.0. The molecule has 0 N–H and O–H groups in total. The third kappa shape index (κ3) is 8.61. The highest BCUT2D eigenvalue weighted by Gasteiger charge is 2.81. The lowest BCUT2D eigenvalue weighted by Crippen LogP contribution is -2.49. The van der Waals surface area contributed by atoms with Gasteiger partial charge >= 0.3 is 17.8 Å². The normalized spacial score (nSPS) is 17.5. The molecule has 0 spiro atoms. The summed E-state index contributed by atoms with van der Waals surface area (Å²) in [4.78, 5) is 1.52. The molecule has 8 rings (SSSR count). The predicted octanol–water partition coefficient (Wildman–Crippen LogP) is 17.6. The molecule has 0 saturated carbocycles. The van der Waals surface area contributed by atoms with E-state index in [0.29, 0.717) is 37.8 Å². The Balaban J connectivity index is 1.50. The van der Waals surface area contributed by atoms with Crippen LogP contribution in [0.15, 0.2) is 109 Å². The first-order chi connectivity index (χ1) is 30.4. The topological polar surface area (TPSA) is 9.23 Å². The van der Waals surface area contributed by atoms with Crippen LogP contribution in [0.3, 0.4) is 0 Å². The fourth-order valence-corrected chi connectivity index (χ4v) is 12.5. The van der Waals surface area contributed by atoms with Crippen LogP contribution in [-0.4, -0.2) is 23.4 Å². The van der Waals surface area contributed by atoms with E-state index in [1.807, 2.05) is 118 Å². The van der Waals surface area contributed by atoms with E-state index in [9.17, 15) is 0 Å².